The van der Waals surface area contributed by atoms with E-state index in [-0.39, 0.29) is 13.3 Å². The molecule has 0 amide bonds. The Morgan fingerprint density at radius 2 is 0.944 bits per heavy atom. The summed E-state index contributed by atoms with van der Waals surface area (Å²) in [5.41, 5.74) is 0. The lowest BCUT2D eigenvalue weighted by Gasteiger charge is -2.43. The van der Waals surface area contributed by atoms with Gasteiger partial charge >= 0.3 is 47.0 Å². The molecule has 0 bridgehead atoms. The van der Waals surface area contributed by atoms with Gasteiger partial charge in [0.2, 0.25) is 0 Å². The third-order valence-corrected chi connectivity index (χ3v) is 6.48. The van der Waals surface area contributed by atoms with Crippen LogP contribution in [0.4, 0.5) is 74.6 Å². The summed E-state index contributed by atoms with van der Waals surface area (Å²) in [6.45, 7) is 0.0194. The summed E-state index contributed by atoms with van der Waals surface area (Å²) in [5, 5.41) is 1.52. The quantitative estimate of drug-likeness (QED) is 0.231. The molecule has 0 heterocycles. The van der Waals surface area contributed by atoms with E-state index in [2.05, 4.69) is 0 Å². The molecule has 0 aromatic rings. The second-order valence-corrected chi connectivity index (χ2v) is 8.99. The summed E-state index contributed by atoms with van der Waals surface area (Å²) < 4.78 is 248. The molecule has 218 valence electrons. The number of aliphatic hydroxyl groups is 1. The van der Waals surface area contributed by atoms with Gasteiger partial charge in [0, 0.05) is 6.54 Å². The zero-order chi connectivity index (χ0) is 29.8. The Balaban J connectivity index is 7.05. The predicted molar refractivity (Wildman–Crippen MR) is 82.9 cm³/mol. The van der Waals surface area contributed by atoms with Gasteiger partial charge in [0.1, 0.15) is 6.23 Å². The highest BCUT2D eigenvalue weighted by molar-refractivity contribution is 7.90. The molecule has 0 saturated carbocycles. The fraction of sp³-hybridized carbons (Fsp3) is 1.00. The van der Waals surface area contributed by atoms with Crippen LogP contribution in [0.1, 0.15) is 26.7 Å². The van der Waals surface area contributed by atoms with E-state index in [1.165, 1.54) is 6.92 Å². The van der Waals surface area contributed by atoms with Crippen LogP contribution in [0.3, 0.4) is 0 Å². The Hall–Kier alpha value is -1.32. The summed E-state index contributed by atoms with van der Waals surface area (Å²) >= 11 is 0. The van der Waals surface area contributed by atoms with Gasteiger partial charge in [-0.05, 0) is 13.3 Å². The molecule has 0 spiro atoms. The molecule has 0 radical (unpaired) electrons. The first-order valence-corrected chi connectivity index (χ1v) is 10.2. The van der Waals surface area contributed by atoms with Gasteiger partial charge in [-0.3, -0.25) is 0 Å². The van der Waals surface area contributed by atoms with Crippen molar-refractivity contribution in [2.24, 2.45) is 0 Å². The maximum absolute atomic E-state index is 14.1. The second-order valence-electron chi connectivity index (χ2n) is 7.06. The monoisotopic (exact) mass is 599 g/mol. The highest BCUT2D eigenvalue weighted by Crippen LogP contribution is 2.64. The number of sulfonamides is 1. The van der Waals surface area contributed by atoms with Gasteiger partial charge in [0.05, 0.1) is 0 Å². The molecule has 36 heavy (non-hydrogen) atoms. The van der Waals surface area contributed by atoms with Crippen LogP contribution in [-0.4, -0.2) is 77.6 Å². The summed E-state index contributed by atoms with van der Waals surface area (Å²) in [5.74, 6) is -51.9. The van der Waals surface area contributed by atoms with E-state index in [4.69, 9.17) is 0 Å². The minimum absolute atomic E-state index is 0.177. The van der Waals surface area contributed by atoms with Crippen molar-refractivity contribution in [3.05, 3.63) is 0 Å². The molecule has 22 heteroatoms. The average molecular weight is 599 g/mol. The van der Waals surface area contributed by atoms with E-state index >= 15 is 0 Å². The van der Waals surface area contributed by atoms with Crippen molar-refractivity contribution in [2.75, 3.05) is 6.54 Å². The van der Waals surface area contributed by atoms with E-state index in [1.54, 1.807) is 0 Å². The maximum atomic E-state index is 14.1. The average Bonchev–Trinajstić information content (AvgIpc) is 2.65. The molecule has 0 aliphatic heterocycles. The Kier molecular flexibility index (Phi) is 9.11. The van der Waals surface area contributed by atoms with Crippen LogP contribution >= 0.6 is 0 Å². The molecule has 0 aliphatic rings. The minimum Gasteiger partial charge on any atom is -0.378 e. The van der Waals surface area contributed by atoms with Gasteiger partial charge in [0.25, 0.3) is 10.0 Å². The lowest BCUT2D eigenvalue weighted by molar-refractivity contribution is -0.458. The van der Waals surface area contributed by atoms with Gasteiger partial charge in [-0.2, -0.15) is 78.9 Å². The maximum Gasteiger partial charge on any atom is 0.460 e. The first kappa shape index (κ1) is 34.7. The predicted octanol–water partition coefficient (Wildman–Crippen LogP) is 5.72. The molecule has 4 nitrogen and oxygen atoms in total. The molecule has 0 aromatic heterocycles. The van der Waals surface area contributed by atoms with E-state index in [1.807, 2.05) is 0 Å². The number of hydrogen-bond donors (Lipinski definition) is 1. The van der Waals surface area contributed by atoms with Crippen LogP contribution in [0, 0.1) is 0 Å². The number of alkyl halides is 17. The number of aliphatic hydroxyl groups excluding tert-OH is 1. The van der Waals surface area contributed by atoms with Crippen molar-refractivity contribution >= 4 is 10.0 Å². The number of nitrogens with zero attached hydrogens (tertiary/aromatic N) is 1. The number of rotatable bonds is 12. The Morgan fingerprint density at radius 3 is 1.22 bits per heavy atom. The van der Waals surface area contributed by atoms with Crippen LogP contribution in [0.5, 0.6) is 0 Å². The van der Waals surface area contributed by atoms with E-state index in [0.29, 0.717) is 0 Å². The number of hydrogen-bond acceptors (Lipinski definition) is 3. The van der Waals surface area contributed by atoms with E-state index < -0.39 is 80.5 Å². The zero-order valence-electron chi connectivity index (χ0n) is 17.2. The largest absolute Gasteiger partial charge is 0.460 e. The van der Waals surface area contributed by atoms with Gasteiger partial charge in [0.15, 0.2) is 0 Å². The fourth-order valence-electron chi connectivity index (χ4n) is 2.28. The topological polar surface area (TPSA) is 57.6 Å². The lowest BCUT2D eigenvalue weighted by atomic mass is 9.91. The van der Waals surface area contributed by atoms with Crippen molar-refractivity contribution in [2.45, 2.75) is 79.9 Å². The third kappa shape index (κ3) is 4.57. The molecular formula is C14H14F17NO3S. The minimum atomic E-state index is -8.89. The highest BCUT2D eigenvalue weighted by atomic mass is 32.2. The normalized spacial score (nSPS) is 17.0. The second kappa shape index (κ2) is 9.45. The molecule has 0 fully saturated rings. The number of unbranched alkanes of at least 4 members (excludes halogenated alkanes) is 1. The molecule has 0 aliphatic carbocycles. The van der Waals surface area contributed by atoms with Gasteiger partial charge in [-0.25, -0.2) is 8.42 Å². The van der Waals surface area contributed by atoms with Crippen molar-refractivity contribution in [1.82, 2.24) is 4.31 Å². The van der Waals surface area contributed by atoms with Crippen molar-refractivity contribution < 1.29 is 88.2 Å². The standard InChI is InChI=1S/C14H14F17NO3S/c1-3-4-5-32(6(2)33)36(34,35)14(30,31)12(25,26)10(21,22)8(17,18)7(15,16)9(19,20)11(23,24)13(27,28)29/h6,33H,3-5H2,1-2H3. The van der Waals surface area contributed by atoms with Crippen molar-refractivity contribution in [1.29, 1.82) is 0 Å². The first-order valence-electron chi connectivity index (χ1n) is 8.80. The SMILES string of the molecule is CCCCN(C(C)O)S(=O)(=O)C(F)(F)C(F)(F)C(F)(F)C(F)(F)C(F)(F)C(F)(F)C(F)(F)C(F)(F)F. The summed E-state index contributed by atoms with van der Waals surface area (Å²) in [7, 11) is -7.48. The molecule has 1 N–H and O–H groups in total. The molecular weight excluding hydrogens is 585 g/mol. The number of halogens is 17. The Bertz CT molecular complexity index is 882. The summed E-state index contributed by atoms with van der Waals surface area (Å²) in [6.07, 6.45) is -11.5. The van der Waals surface area contributed by atoms with Crippen LogP contribution in [0.25, 0.3) is 0 Å². The Labute approximate surface area is 190 Å². The van der Waals surface area contributed by atoms with E-state index in [0.717, 1.165) is 0 Å². The van der Waals surface area contributed by atoms with Crippen LogP contribution in [0.2, 0.25) is 0 Å². The smallest absolute Gasteiger partial charge is 0.378 e. The Morgan fingerprint density at radius 1 is 0.639 bits per heavy atom. The van der Waals surface area contributed by atoms with Crippen LogP contribution in [-0.2, 0) is 10.0 Å². The molecule has 0 aromatic carbocycles. The lowest BCUT2D eigenvalue weighted by Crippen LogP contribution is -2.75. The van der Waals surface area contributed by atoms with Crippen molar-refractivity contribution in [3.63, 3.8) is 0 Å². The zero-order valence-corrected chi connectivity index (χ0v) is 18.1. The van der Waals surface area contributed by atoms with Crippen LogP contribution in [0.15, 0.2) is 0 Å². The van der Waals surface area contributed by atoms with Crippen molar-refractivity contribution in [3.8, 4) is 0 Å². The van der Waals surface area contributed by atoms with Gasteiger partial charge in [-0.15, -0.1) is 0 Å². The molecule has 0 rings (SSSR count). The fourth-order valence-corrected chi connectivity index (χ4v) is 3.80. The molecule has 1 unspecified atom stereocenters. The first-order chi connectivity index (χ1) is 15.4. The van der Waals surface area contributed by atoms with Crippen LogP contribution < -0.4 is 0 Å². The molecule has 0 saturated heterocycles. The highest BCUT2D eigenvalue weighted by Gasteiger charge is 2.96. The summed E-state index contributed by atoms with van der Waals surface area (Å²) in [6, 6.07) is 0. The van der Waals surface area contributed by atoms with E-state index in [9.17, 15) is 88.2 Å². The summed E-state index contributed by atoms with van der Waals surface area (Å²) in [4.78, 5) is 0. The third-order valence-electron chi connectivity index (χ3n) is 4.47. The van der Waals surface area contributed by atoms with Gasteiger partial charge in [-0.1, -0.05) is 13.3 Å². The molecule has 1 atom stereocenters. The van der Waals surface area contributed by atoms with Gasteiger partial charge < -0.3 is 5.11 Å².